The maximum Gasteiger partial charge on any atom is 0.261 e. The van der Waals surface area contributed by atoms with Gasteiger partial charge in [-0.2, -0.15) is 0 Å². The van der Waals surface area contributed by atoms with E-state index in [4.69, 9.17) is 4.74 Å². The number of nitrogens with one attached hydrogen (secondary N) is 2. The van der Waals surface area contributed by atoms with Crippen LogP contribution in [0.2, 0.25) is 0 Å². The quantitative estimate of drug-likeness (QED) is 0.736. The molecule has 0 spiro atoms. The van der Waals surface area contributed by atoms with Crippen LogP contribution < -0.4 is 15.4 Å². The SMILES string of the molecule is COc1csc(C(=O)NCCNC2CC2)c1. The van der Waals surface area contributed by atoms with Gasteiger partial charge in [-0.3, -0.25) is 4.79 Å². The molecule has 1 aromatic rings. The van der Waals surface area contributed by atoms with Crippen molar-refractivity contribution in [2.45, 2.75) is 18.9 Å². The Morgan fingerprint density at radius 2 is 2.38 bits per heavy atom. The van der Waals surface area contributed by atoms with Gasteiger partial charge in [0.1, 0.15) is 5.75 Å². The molecule has 4 nitrogen and oxygen atoms in total. The van der Waals surface area contributed by atoms with E-state index in [-0.39, 0.29) is 5.91 Å². The molecule has 0 bridgehead atoms. The van der Waals surface area contributed by atoms with Crippen molar-refractivity contribution in [1.29, 1.82) is 0 Å². The number of rotatable bonds is 6. The van der Waals surface area contributed by atoms with Crippen molar-refractivity contribution in [3.05, 3.63) is 16.3 Å². The number of carbonyl (C=O) groups is 1. The second-order valence-corrected chi connectivity index (χ2v) is 4.75. The minimum atomic E-state index is -0.0223. The fourth-order valence-corrected chi connectivity index (χ4v) is 2.14. The van der Waals surface area contributed by atoms with E-state index in [9.17, 15) is 4.79 Å². The lowest BCUT2D eigenvalue weighted by Crippen LogP contribution is -2.32. The molecule has 16 heavy (non-hydrogen) atoms. The molecular formula is C11H16N2O2S. The normalized spacial score (nSPS) is 14.8. The number of hydrogen-bond donors (Lipinski definition) is 2. The molecule has 88 valence electrons. The smallest absolute Gasteiger partial charge is 0.261 e. The van der Waals surface area contributed by atoms with Gasteiger partial charge >= 0.3 is 0 Å². The minimum Gasteiger partial charge on any atom is -0.496 e. The molecule has 2 N–H and O–H groups in total. The fraction of sp³-hybridized carbons (Fsp3) is 0.545. The third kappa shape index (κ3) is 3.21. The van der Waals surface area contributed by atoms with Crippen molar-refractivity contribution in [3.63, 3.8) is 0 Å². The minimum absolute atomic E-state index is 0.0223. The van der Waals surface area contributed by atoms with Crippen molar-refractivity contribution in [2.24, 2.45) is 0 Å². The van der Waals surface area contributed by atoms with Crippen LogP contribution in [0.15, 0.2) is 11.4 Å². The molecule has 0 aliphatic heterocycles. The zero-order chi connectivity index (χ0) is 11.4. The summed E-state index contributed by atoms with van der Waals surface area (Å²) in [5.74, 6) is 0.720. The van der Waals surface area contributed by atoms with Gasteiger partial charge in [0.2, 0.25) is 0 Å². The first-order valence-electron chi connectivity index (χ1n) is 5.43. The average Bonchev–Trinajstić information content (AvgIpc) is 2.99. The maximum absolute atomic E-state index is 11.7. The van der Waals surface area contributed by atoms with E-state index in [2.05, 4.69) is 10.6 Å². The van der Waals surface area contributed by atoms with Crippen molar-refractivity contribution >= 4 is 17.2 Å². The predicted octanol–water partition coefficient (Wildman–Crippen LogP) is 1.24. The molecule has 0 saturated heterocycles. The first-order chi connectivity index (χ1) is 7.79. The van der Waals surface area contributed by atoms with Gasteiger partial charge in [-0.15, -0.1) is 11.3 Å². The van der Waals surface area contributed by atoms with Gasteiger partial charge in [-0.05, 0) is 12.8 Å². The van der Waals surface area contributed by atoms with Gasteiger partial charge in [0, 0.05) is 30.6 Å². The number of carbonyl (C=O) groups excluding carboxylic acids is 1. The molecule has 5 heteroatoms. The Hall–Kier alpha value is -1.07. The van der Waals surface area contributed by atoms with Crippen molar-refractivity contribution < 1.29 is 9.53 Å². The van der Waals surface area contributed by atoms with Crippen LogP contribution in [0.1, 0.15) is 22.5 Å². The first-order valence-corrected chi connectivity index (χ1v) is 6.31. The number of thiophene rings is 1. The summed E-state index contributed by atoms with van der Waals surface area (Å²) in [6.45, 7) is 1.52. The van der Waals surface area contributed by atoms with Crippen LogP contribution in [0.25, 0.3) is 0 Å². The van der Waals surface area contributed by atoms with Crippen LogP contribution >= 0.6 is 11.3 Å². The van der Waals surface area contributed by atoms with Crippen LogP contribution in [0, 0.1) is 0 Å². The Balaban J connectivity index is 1.69. The van der Waals surface area contributed by atoms with Crippen molar-refractivity contribution in [1.82, 2.24) is 10.6 Å². The van der Waals surface area contributed by atoms with E-state index in [0.717, 1.165) is 12.3 Å². The molecule has 1 amide bonds. The third-order valence-corrected chi connectivity index (χ3v) is 3.36. The Morgan fingerprint density at radius 1 is 1.56 bits per heavy atom. The molecule has 1 fully saturated rings. The van der Waals surface area contributed by atoms with E-state index in [1.807, 2.05) is 5.38 Å². The number of hydrogen-bond acceptors (Lipinski definition) is 4. The molecule has 0 unspecified atom stereocenters. The summed E-state index contributed by atoms with van der Waals surface area (Å²) in [7, 11) is 1.60. The summed E-state index contributed by atoms with van der Waals surface area (Å²) in [6.07, 6.45) is 2.55. The highest BCUT2D eigenvalue weighted by molar-refractivity contribution is 7.12. The summed E-state index contributed by atoms with van der Waals surface area (Å²) in [4.78, 5) is 12.3. The summed E-state index contributed by atoms with van der Waals surface area (Å²) in [5.41, 5.74) is 0. The van der Waals surface area contributed by atoms with Crippen LogP contribution in [-0.4, -0.2) is 32.1 Å². The predicted molar refractivity (Wildman–Crippen MR) is 64.2 cm³/mol. The van der Waals surface area contributed by atoms with Crippen molar-refractivity contribution in [2.75, 3.05) is 20.2 Å². The Bertz CT molecular complexity index is 361. The second-order valence-electron chi connectivity index (χ2n) is 3.84. The molecule has 1 aromatic heterocycles. The second kappa shape index (κ2) is 5.32. The zero-order valence-corrected chi connectivity index (χ0v) is 10.1. The summed E-state index contributed by atoms with van der Waals surface area (Å²) in [5, 5.41) is 8.05. The van der Waals surface area contributed by atoms with Gasteiger partial charge in [-0.25, -0.2) is 0 Å². The van der Waals surface area contributed by atoms with E-state index in [0.29, 0.717) is 17.5 Å². The van der Waals surface area contributed by atoms with Gasteiger partial charge in [0.25, 0.3) is 5.91 Å². The van der Waals surface area contributed by atoms with Gasteiger partial charge in [0.05, 0.1) is 12.0 Å². The third-order valence-electron chi connectivity index (χ3n) is 2.46. The molecular weight excluding hydrogens is 224 g/mol. The zero-order valence-electron chi connectivity index (χ0n) is 9.29. The van der Waals surface area contributed by atoms with Gasteiger partial charge in [-0.1, -0.05) is 0 Å². The molecule has 1 heterocycles. The number of methoxy groups -OCH3 is 1. The van der Waals surface area contributed by atoms with Crippen LogP contribution in [0.4, 0.5) is 0 Å². The Labute approximate surface area is 99.0 Å². The van der Waals surface area contributed by atoms with Gasteiger partial charge < -0.3 is 15.4 Å². The fourth-order valence-electron chi connectivity index (χ4n) is 1.37. The topological polar surface area (TPSA) is 50.4 Å². The first kappa shape index (κ1) is 11.4. The molecule has 0 aromatic carbocycles. The van der Waals surface area contributed by atoms with E-state index in [1.54, 1.807) is 13.2 Å². The monoisotopic (exact) mass is 240 g/mol. The molecule has 1 aliphatic carbocycles. The molecule has 0 radical (unpaired) electrons. The maximum atomic E-state index is 11.7. The summed E-state index contributed by atoms with van der Waals surface area (Å²) >= 11 is 1.40. The summed E-state index contributed by atoms with van der Waals surface area (Å²) < 4.78 is 5.03. The van der Waals surface area contributed by atoms with E-state index in [1.165, 1.54) is 24.2 Å². The average molecular weight is 240 g/mol. The van der Waals surface area contributed by atoms with Crippen LogP contribution in [0.5, 0.6) is 5.75 Å². The van der Waals surface area contributed by atoms with Crippen LogP contribution in [0.3, 0.4) is 0 Å². The van der Waals surface area contributed by atoms with Crippen LogP contribution in [-0.2, 0) is 0 Å². The summed E-state index contributed by atoms with van der Waals surface area (Å²) in [6, 6.07) is 2.45. The highest BCUT2D eigenvalue weighted by atomic mass is 32.1. The number of ether oxygens (including phenoxy) is 1. The Morgan fingerprint density at radius 3 is 3.00 bits per heavy atom. The van der Waals surface area contributed by atoms with E-state index < -0.39 is 0 Å². The largest absolute Gasteiger partial charge is 0.496 e. The molecule has 0 atom stereocenters. The molecule has 1 saturated carbocycles. The molecule has 1 aliphatic rings. The standard InChI is InChI=1S/C11H16N2O2S/c1-15-9-6-10(16-7-9)11(14)13-5-4-12-8-2-3-8/h6-8,12H,2-5H2,1H3,(H,13,14). The highest BCUT2D eigenvalue weighted by Gasteiger charge is 2.19. The van der Waals surface area contributed by atoms with Gasteiger partial charge in [0.15, 0.2) is 0 Å². The highest BCUT2D eigenvalue weighted by Crippen LogP contribution is 2.20. The lowest BCUT2D eigenvalue weighted by molar-refractivity contribution is 0.0957. The lowest BCUT2D eigenvalue weighted by Gasteiger charge is -2.04. The number of amides is 1. The molecule has 2 rings (SSSR count). The lowest BCUT2D eigenvalue weighted by atomic mass is 10.4. The Kier molecular flexibility index (Phi) is 3.79. The van der Waals surface area contributed by atoms with Crippen molar-refractivity contribution in [3.8, 4) is 5.75 Å². The van der Waals surface area contributed by atoms with E-state index >= 15 is 0 Å².